The molecule has 0 aliphatic heterocycles. The van der Waals surface area contributed by atoms with E-state index in [1.165, 1.54) is 6.26 Å². The lowest BCUT2D eigenvalue weighted by atomic mass is 9.95. The summed E-state index contributed by atoms with van der Waals surface area (Å²) in [5, 5.41) is 3.03. The monoisotopic (exact) mass is 298 g/mol. The molecule has 0 bridgehead atoms. The molecule has 0 saturated heterocycles. The van der Waals surface area contributed by atoms with Crippen molar-refractivity contribution < 1.29 is 12.8 Å². The normalized spacial score (nSPS) is 14.6. The Morgan fingerprint density at radius 2 is 2.00 bits per heavy atom. The molecule has 2 N–H and O–H groups in total. The molecule has 0 radical (unpaired) electrons. The summed E-state index contributed by atoms with van der Waals surface area (Å²) in [7, 11) is -1.57. The van der Waals surface area contributed by atoms with Crippen molar-refractivity contribution in [1.29, 1.82) is 0 Å². The Morgan fingerprint density at radius 1 is 1.35 bits per heavy atom. The molecule has 1 aromatic heterocycles. The van der Waals surface area contributed by atoms with Crippen LogP contribution in [0.4, 0.5) is 0 Å². The lowest BCUT2D eigenvalue weighted by Crippen LogP contribution is -2.43. The molecule has 0 aliphatic carbocycles. The van der Waals surface area contributed by atoms with E-state index in [9.17, 15) is 13.2 Å². The number of sulfone groups is 1. The molecule has 1 heterocycles. The minimum Gasteiger partial charge on any atom is -0.408 e. The molecule has 0 fully saturated rings. The van der Waals surface area contributed by atoms with Gasteiger partial charge in [0.25, 0.3) is 0 Å². The van der Waals surface area contributed by atoms with Crippen LogP contribution in [0.2, 0.25) is 0 Å². The molecular formula is C13H18N2O4S. The predicted molar refractivity (Wildman–Crippen MR) is 77.6 cm³/mol. The largest absolute Gasteiger partial charge is 0.417 e. The fourth-order valence-electron chi connectivity index (χ4n) is 2.27. The van der Waals surface area contributed by atoms with E-state index in [-0.39, 0.29) is 0 Å². The van der Waals surface area contributed by atoms with Gasteiger partial charge in [-0.05, 0) is 38.6 Å². The van der Waals surface area contributed by atoms with E-state index in [1.807, 2.05) is 0 Å². The van der Waals surface area contributed by atoms with Gasteiger partial charge >= 0.3 is 5.76 Å². The molecule has 110 valence electrons. The Hall–Kier alpha value is -1.60. The van der Waals surface area contributed by atoms with Gasteiger partial charge in [-0.15, -0.1) is 0 Å². The minimum atomic E-state index is -3.27. The van der Waals surface area contributed by atoms with Crippen LogP contribution in [0.3, 0.4) is 0 Å². The molecule has 0 spiro atoms. The van der Waals surface area contributed by atoms with Gasteiger partial charge in [0.1, 0.15) is 0 Å². The summed E-state index contributed by atoms with van der Waals surface area (Å²) in [6, 6.07) is 4.75. The summed E-state index contributed by atoms with van der Waals surface area (Å²) in [5.41, 5.74) is 1.75. The van der Waals surface area contributed by atoms with Crippen molar-refractivity contribution in [3.05, 3.63) is 34.3 Å². The van der Waals surface area contributed by atoms with Gasteiger partial charge in [0.15, 0.2) is 15.4 Å². The van der Waals surface area contributed by atoms with Crippen LogP contribution in [0.1, 0.15) is 25.5 Å². The first-order chi connectivity index (χ1) is 9.16. The minimum absolute atomic E-state index is 0.414. The van der Waals surface area contributed by atoms with E-state index < -0.39 is 26.4 Å². The highest BCUT2D eigenvalue weighted by Gasteiger charge is 2.39. The zero-order valence-electron chi connectivity index (χ0n) is 11.9. The second-order valence-electron chi connectivity index (χ2n) is 5.37. The van der Waals surface area contributed by atoms with E-state index in [1.54, 1.807) is 39.1 Å². The van der Waals surface area contributed by atoms with Crippen LogP contribution in [0.25, 0.3) is 11.1 Å². The van der Waals surface area contributed by atoms with Gasteiger partial charge in [-0.25, -0.2) is 13.2 Å². The summed E-state index contributed by atoms with van der Waals surface area (Å²) in [6.07, 6.45) is 1.21. The first-order valence-corrected chi connectivity index (χ1v) is 8.05. The highest BCUT2D eigenvalue weighted by molar-refractivity contribution is 7.92. The zero-order valence-corrected chi connectivity index (χ0v) is 12.7. The van der Waals surface area contributed by atoms with Gasteiger partial charge in [0.2, 0.25) is 0 Å². The van der Waals surface area contributed by atoms with Gasteiger partial charge in [-0.1, -0.05) is 6.07 Å². The third-order valence-electron chi connectivity index (χ3n) is 3.72. The summed E-state index contributed by atoms with van der Waals surface area (Å²) in [6.45, 7) is 3.34. The average Bonchev–Trinajstić information content (AvgIpc) is 2.67. The van der Waals surface area contributed by atoms with Crippen molar-refractivity contribution in [3.8, 4) is 0 Å². The van der Waals surface area contributed by atoms with Crippen molar-refractivity contribution in [3.63, 3.8) is 0 Å². The first-order valence-electron chi connectivity index (χ1n) is 6.16. The summed E-state index contributed by atoms with van der Waals surface area (Å²) in [4.78, 5) is 13.7. The van der Waals surface area contributed by atoms with Crippen LogP contribution in [-0.4, -0.2) is 31.5 Å². The van der Waals surface area contributed by atoms with Gasteiger partial charge in [-0.2, -0.15) is 0 Å². The Balaban J connectivity index is 2.57. The molecule has 1 atom stereocenters. The fraction of sp³-hybridized carbons (Fsp3) is 0.462. The maximum atomic E-state index is 12.0. The number of hydrogen-bond donors (Lipinski definition) is 2. The van der Waals surface area contributed by atoms with Gasteiger partial charge < -0.3 is 9.73 Å². The zero-order chi connectivity index (χ0) is 15.1. The number of rotatable bonds is 4. The Labute approximate surface area is 117 Å². The molecule has 1 aromatic carbocycles. The molecule has 0 saturated carbocycles. The molecule has 7 heteroatoms. The molecule has 2 rings (SSSR count). The molecule has 0 amide bonds. The highest BCUT2D eigenvalue weighted by Crippen LogP contribution is 2.32. The van der Waals surface area contributed by atoms with Crippen LogP contribution in [0, 0.1) is 0 Å². The Kier molecular flexibility index (Phi) is 3.51. The highest BCUT2D eigenvalue weighted by atomic mass is 32.2. The number of H-pyrrole nitrogens is 1. The van der Waals surface area contributed by atoms with Crippen molar-refractivity contribution in [2.75, 3.05) is 13.3 Å². The summed E-state index contributed by atoms with van der Waals surface area (Å²) >= 11 is 0. The number of aromatic nitrogens is 1. The third kappa shape index (κ3) is 2.38. The van der Waals surface area contributed by atoms with Crippen molar-refractivity contribution in [2.24, 2.45) is 0 Å². The van der Waals surface area contributed by atoms with Crippen molar-refractivity contribution >= 4 is 20.9 Å². The van der Waals surface area contributed by atoms with E-state index in [0.717, 1.165) is 5.56 Å². The van der Waals surface area contributed by atoms with Crippen LogP contribution < -0.4 is 11.1 Å². The topological polar surface area (TPSA) is 92.2 Å². The van der Waals surface area contributed by atoms with E-state index in [0.29, 0.717) is 11.1 Å². The number of nitrogens with one attached hydrogen (secondary N) is 2. The van der Waals surface area contributed by atoms with E-state index >= 15 is 0 Å². The smallest absolute Gasteiger partial charge is 0.408 e. The SMILES string of the molecule is CNC(c1ccc2[nH]c(=O)oc2c1)C(C)(C)S(C)(=O)=O. The second-order valence-corrected chi connectivity index (χ2v) is 7.96. The summed E-state index contributed by atoms with van der Waals surface area (Å²) < 4.78 is 28.0. The van der Waals surface area contributed by atoms with Crippen LogP contribution in [0.15, 0.2) is 27.4 Å². The van der Waals surface area contributed by atoms with Crippen molar-refractivity contribution in [2.45, 2.75) is 24.6 Å². The standard InChI is InChI=1S/C13H18N2O4S/c1-13(2,20(4,17)18)11(14-3)8-5-6-9-10(7-8)19-12(16)15-9/h5-7,11,14H,1-4H3,(H,15,16). The molecule has 0 aliphatic rings. The maximum absolute atomic E-state index is 12.0. The lowest BCUT2D eigenvalue weighted by molar-refractivity contribution is 0.446. The van der Waals surface area contributed by atoms with Crippen LogP contribution >= 0.6 is 0 Å². The van der Waals surface area contributed by atoms with Gasteiger partial charge in [0, 0.05) is 6.26 Å². The number of fused-ring (bicyclic) bond motifs is 1. The van der Waals surface area contributed by atoms with E-state index in [2.05, 4.69) is 10.3 Å². The van der Waals surface area contributed by atoms with Gasteiger partial charge in [-0.3, -0.25) is 4.98 Å². The number of oxazole rings is 1. The predicted octanol–water partition coefficient (Wildman–Crippen LogP) is 1.20. The van der Waals surface area contributed by atoms with Crippen LogP contribution in [0.5, 0.6) is 0 Å². The van der Waals surface area contributed by atoms with Crippen molar-refractivity contribution in [1.82, 2.24) is 10.3 Å². The van der Waals surface area contributed by atoms with Crippen LogP contribution in [-0.2, 0) is 9.84 Å². The number of benzene rings is 1. The maximum Gasteiger partial charge on any atom is 0.417 e. The summed E-state index contributed by atoms with van der Waals surface area (Å²) in [5.74, 6) is -0.527. The van der Waals surface area contributed by atoms with E-state index in [4.69, 9.17) is 4.42 Å². The number of aromatic amines is 1. The lowest BCUT2D eigenvalue weighted by Gasteiger charge is -2.32. The average molecular weight is 298 g/mol. The molecule has 20 heavy (non-hydrogen) atoms. The second kappa shape index (κ2) is 4.75. The third-order valence-corrected chi connectivity index (χ3v) is 5.86. The number of hydrogen-bond acceptors (Lipinski definition) is 5. The molecular weight excluding hydrogens is 280 g/mol. The fourth-order valence-corrected chi connectivity index (χ4v) is 2.95. The first kappa shape index (κ1) is 14.8. The molecule has 1 unspecified atom stereocenters. The Morgan fingerprint density at radius 3 is 2.55 bits per heavy atom. The quantitative estimate of drug-likeness (QED) is 0.885. The molecule has 2 aromatic rings. The Bertz CT molecular complexity index is 786. The molecule has 6 nitrogen and oxygen atoms in total. The van der Waals surface area contributed by atoms with Gasteiger partial charge in [0.05, 0.1) is 16.3 Å².